The Bertz CT molecular complexity index is 479. The molecule has 0 saturated carbocycles. The van der Waals surface area contributed by atoms with Gasteiger partial charge in [0.05, 0.1) is 26.4 Å². The standard InChI is InChI=1S/C14H18O5/c1-5-9-10(17-3)7-8-11(18-4)12(9)13(15)14(16)19-6-2/h7-8H,5-6H2,1-4H3. The lowest BCUT2D eigenvalue weighted by atomic mass is 9.99. The van der Waals surface area contributed by atoms with Crippen molar-refractivity contribution in [3.63, 3.8) is 0 Å². The minimum atomic E-state index is -0.885. The SMILES string of the molecule is CCOC(=O)C(=O)c1c(OC)ccc(OC)c1CC. The molecule has 0 heterocycles. The summed E-state index contributed by atoms with van der Waals surface area (Å²) in [6.45, 7) is 3.67. The first-order chi connectivity index (χ1) is 9.10. The Morgan fingerprint density at radius 3 is 2.11 bits per heavy atom. The Hall–Kier alpha value is -2.04. The molecule has 1 aromatic carbocycles. The van der Waals surface area contributed by atoms with E-state index in [0.29, 0.717) is 23.5 Å². The van der Waals surface area contributed by atoms with E-state index in [-0.39, 0.29) is 12.2 Å². The first-order valence-corrected chi connectivity index (χ1v) is 6.05. The van der Waals surface area contributed by atoms with Gasteiger partial charge in [0.25, 0.3) is 5.78 Å². The zero-order valence-electron chi connectivity index (χ0n) is 11.6. The van der Waals surface area contributed by atoms with Gasteiger partial charge in [0, 0.05) is 5.56 Å². The van der Waals surface area contributed by atoms with Crippen LogP contribution in [0.4, 0.5) is 0 Å². The van der Waals surface area contributed by atoms with Crippen LogP contribution in [-0.4, -0.2) is 32.6 Å². The van der Waals surface area contributed by atoms with E-state index in [1.54, 1.807) is 19.1 Å². The number of ether oxygens (including phenoxy) is 3. The summed E-state index contributed by atoms with van der Waals surface area (Å²) in [7, 11) is 2.96. The van der Waals surface area contributed by atoms with Crippen LogP contribution in [0.1, 0.15) is 29.8 Å². The number of Topliss-reactive ketones (excluding diaryl/α,β-unsaturated/α-hetero) is 1. The molecule has 0 aromatic heterocycles. The highest BCUT2D eigenvalue weighted by molar-refractivity contribution is 6.41. The number of carbonyl (C=O) groups excluding carboxylic acids is 2. The van der Waals surface area contributed by atoms with E-state index >= 15 is 0 Å². The zero-order chi connectivity index (χ0) is 14.4. The molecule has 0 fully saturated rings. The van der Waals surface area contributed by atoms with Gasteiger partial charge in [-0.1, -0.05) is 6.92 Å². The summed E-state index contributed by atoms with van der Waals surface area (Å²) in [6, 6.07) is 3.31. The van der Waals surface area contributed by atoms with Crippen LogP contribution in [0, 0.1) is 0 Å². The number of carbonyl (C=O) groups is 2. The van der Waals surface area contributed by atoms with E-state index in [2.05, 4.69) is 0 Å². The van der Waals surface area contributed by atoms with Crippen molar-refractivity contribution in [3.05, 3.63) is 23.3 Å². The predicted molar refractivity (Wildman–Crippen MR) is 69.9 cm³/mol. The maximum Gasteiger partial charge on any atom is 0.379 e. The average molecular weight is 266 g/mol. The van der Waals surface area contributed by atoms with Gasteiger partial charge >= 0.3 is 5.97 Å². The monoisotopic (exact) mass is 266 g/mol. The van der Waals surface area contributed by atoms with Crippen molar-refractivity contribution in [2.24, 2.45) is 0 Å². The van der Waals surface area contributed by atoms with Gasteiger partial charge in [0.2, 0.25) is 0 Å². The maximum atomic E-state index is 12.2. The van der Waals surface area contributed by atoms with Crippen LogP contribution in [0.2, 0.25) is 0 Å². The van der Waals surface area contributed by atoms with Crippen LogP contribution in [0.5, 0.6) is 11.5 Å². The van der Waals surface area contributed by atoms with Crippen molar-refractivity contribution in [2.45, 2.75) is 20.3 Å². The third kappa shape index (κ3) is 3.05. The molecular formula is C14H18O5. The van der Waals surface area contributed by atoms with E-state index < -0.39 is 11.8 Å². The number of methoxy groups -OCH3 is 2. The van der Waals surface area contributed by atoms with Crippen molar-refractivity contribution in [1.29, 1.82) is 0 Å². The molecule has 0 radical (unpaired) electrons. The van der Waals surface area contributed by atoms with E-state index in [9.17, 15) is 9.59 Å². The fraction of sp³-hybridized carbons (Fsp3) is 0.429. The van der Waals surface area contributed by atoms with Crippen molar-refractivity contribution in [3.8, 4) is 11.5 Å². The summed E-state index contributed by atoms with van der Waals surface area (Å²) >= 11 is 0. The van der Waals surface area contributed by atoms with Gasteiger partial charge in [-0.2, -0.15) is 0 Å². The van der Waals surface area contributed by atoms with Crippen molar-refractivity contribution >= 4 is 11.8 Å². The van der Waals surface area contributed by atoms with Crippen LogP contribution < -0.4 is 9.47 Å². The highest BCUT2D eigenvalue weighted by atomic mass is 16.5. The lowest BCUT2D eigenvalue weighted by molar-refractivity contribution is -0.137. The number of ketones is 1. The largest absolute Gasteiger partial charge is 0.496 e. The summed E-state index contributed by atoms with van der Waals surface area (Å²) < 4.78 is 15.1. The molecule has 0 aliphatic carbocycles. The molecule has 1 aromatic rings. The molecule has 0 N–H and O–H groups in total. The molecule has 0 bridgehead atoms. The summed E-state index contributed by atoms with van der Waals surface area (Å²) in [6.07, 6.45) is 0.543. The molecule has 5 heteroatoms. The van der Waals surface area contributed by atoms with Crippen LogP contribution in [0.15, 0.2) is 12.1 Å². The first-order valence-electron chi connectivity index (χ1n) is 6.05. The minimum absolute atomic E-state index is 0.151. The smallest absolute Gasteiger partial charge is 0.379 e. The number of hydrogen-bond donors (Lipinski definition) is 0. The van der Waals surface area contributed by atoms with E-state index in [1.165, 1.54) is 14.2 Å². The van der Waals surface area contributed by atoms with E-state index in [0.717, 1.165) is 0 Å². The fourth-order valence-electron chi connectivity index (χ4n) is 1.87. The van der Waals surface area contributed by atoms with Gasteiger partial charge < -0.3 is 14.2 Å². The van der Waals surface area contributed by atoms with Gasteiger partial charge in [0.15, 0.2) is 0 Å². The average Bonchev–Trinajstić information content (AvgIpc) is 2.44. The second-order valence-corrected chi connectivity index (χ2v) is 3.73. The maximum absolute atomic E-state index is 12.2. The molecule has 1 rings (SSSR count). The minimum Gasteiger partial charge on any atom is -0.496 e. The molecule has 0 spiro atoms. The van der Waals surface area contributed by atoms with Crippen LogP contribution in [0.3, 0.4) is 0 Å². The molecule has 0 saturated heterocycles. The number of hydrogen-bond acceptors (Lipinski definition) is 5. The molecule has 5 nitrogen and oxygen atoms in total. The Morgan fingerprint density at radius 2 is 1.63 bits per heavy atom. The molecule has 0 aliphatic rings. The lowest BCUT2D eigenvalue weighted by Gasteiger charge is -2.14. The number of esters is 1. The molecule has 19 heavy (non-hydrogen) atoms. The number of rotatable bonds is 6. The lowest BCUT2D eigenvalue weighted by Crippen LogP contribution is -2.20. The molecular weight excluding hydrogens is 248 g/mol. The normalized spacial score (nSPS) is 9.89. The highest BCUT2D eigenvalue weighted by Crippen LogP contribution is 2.31. The Kier molecular flexibility index (Phi) is 5.36. The predicted octanol–water partition coefficient (Wildman–Crippen LogP) is 2.01. The van der Waals surface area contributed by atoms with Gasteiger partial charge in [0.1, 0.15) is 11.5 Å². The Morgan fingerprint density at radius 1 is 1.05 bits per heavy atom. The summed E-state index contributed by atoms with van der Waals surface area (Å²) in [4.78, 5) is 23.8. The Balaban J connectivity index is 3.37. The third-order valence-electron chi connectivity index (χ3n) is 2.71. The summed E-state index contributed by atoms with van der Waals surface area (Å²) in [5, 5.41) is 0. The van der Waals surface area contributed by atoms with Gasteiger partial charge in [-0.25, -0.2) is 4.79 Å². The molecule has 104 valence electrons. The fourth-order valence-corrected chi connectivity index (χ4v) is 1.87. The van der Waals surface area contributed by atoms with Crippen LogP contribution in [-0.2, 0) is 16.0 Å². The quantitative estimate of drug-likeness (QED) is 0.448. The highest BCUT2D eigenvalue weighted by Gasteiger charge is 2.26. The van der Waals surface area contributed by atoms with Gasteiger partial charge in [-0.3, -0.25) is 4.79 Å². The van der Waals surface area contributed by atoms with Crippen molar-refractivity contribution < 1.29 is 23.8 Å². The first kappa shape index (κ1) is 15.0. The summed E-state index contributed by atoms with van der Waals surface area (Å²) in [5.74, 6) is -0.704. The third-order valence-corrected chi connectivity index (χ3v) is 2.71. The van der Waals surface area contributed by atoms with Gasteiger partial charge in [-0.15, -0.1) is 0 Å². The van der Waals surface area contributed by atoms with E-state index in [1.807, 2.05) is 6.92 Å². The molecule has 0 aliphatic heterocycles. The van der Waals surface area contributed by atoms with Crippen LogP contribution in [0.25, 0.3) is 0 Å². The second-order valence-electron chi connectivity index (χ2n) is 3.73. The van der Waals surface area contributed by atoms with Crippen molar-refractivity contribution in [2.75, 3.05) is 20.8 Å². The summed E-state index contributed by atoms with van der Waals surface area (Å²) in [5.41, 5.74) is 0.850. The van der Waals surface area contributed by atoms with Crippen molar-refractivity contribution in [1.82, 2.24) is 0 Å². The topological polar surface area (TPSA) is 61.8 Å². The molecule has 0 amide bonds. The van der Waals surface area contributed by atoms with Crippen LogP contribution >= 0.6 is 0 Å². The molecule has 0 atom stereocenters. The Labute approximate surface area is 112 Å². The molecule has 0 unspecified atom stereocenters. The second kappa shape index (κ2) is 6.78. The number of benzene rings is 1. The van der Waals surface area contributed by atoms with Gasteiger partial charge in [-0.05, 0) is 25.5 Å². The van der Waals surface area contributed by atoms with E-state index in [4.69, 9.17) is 14.2 Å². The zero-order valence-corrected chi connectivity index (χ0v) is 11.6.